The molecule has 1 aliphatic heterocycles. The molecule has 0 bridgehead atoms. The van der Waals surface area contributed by atoms with Crippen LogP contribution in [-0.2, 0) is 12.0 Å². The first-order valence-electron chi connectivity index (χ1n) is 10.5. The first kappa shape index (κ1) is 19.2. The van der Waals surface area contributed by atoms with E-state index < -0.39 is 0 Å². The maximum Gasteiger partial charge on any atom is 0.225 e. The second kappa shape index (κ2) is 7.36. The molecule has 1 aromatic carbocycles. The fourth-order valence-corrected chi connectivity index (χ4v) is 4.16. The predicted octanol–water partition coefficient (Wildman–Crippen LogP) is 4.08. The minimum atomic E-state index is -0.0409. The van der Waals surface area contributed by atoms with Crippen LogP contribution in [0.1, 0.15) is 63.3 Å². The lowest BCUT2D eigenvalue weighted by molar-refractivity contribution is 0.248. The van der Waals surface area contributed by atoms with E-state index in [4.69, 9.17) is 9.97 Å². The Kier molecular flexibility index (Phi) is 5.04. The summed E-state index contributed by atoms with van der Waals surface area (Å²) < 4.78 is 0. The van der Waals surface area contributed by atoms with E-state index in [1.165, 1.54) is 24.0 Å². The molecule has 4 rings (SSSR count). The molecule has 2 N–H and O–H groups in total. The van der Waals surface area contributed by atoms with E-state index in [9.17, 15) is 5.11 Å². The van der Waals surface area contributed by atoms with Crippen LogP contribution in [0.15, 0.2) is 30.3 Å². The Hall–Kier alpha value is -2.14. The standard InChI is InChI=1S/C23H32N4O/c1-15(2)20(13-28)25-22-24-19(16-9-10-16)11-21(26-22)27-12-17-7-5-6-8-18(17)23(3,4)14-27/h5-8,11,15-16,20,28H,9-10,12-14H2,1-4H3,(H,24,25,26)/t20-/m0/s1. The number of nitrogens with one attached hydrogen (secondary N) is 1. The van der Waals surface area contributed by atoms with Gasteiger partial charge in [-0.15, -0.1) is 0 Å². The molecule has 0 radical (unpaired) electrons. The molecular formula is C23H32N4O. The summed E-state index contributed by atoms with van der Waals surface area (Å²) >= 11 is 0. The van der Waals surface area contributed by atoms with Crippen LogP contribution in [0.3, 0.4) is 0 Å². The third-order valence-corrected chi connectivity index (χ3v) is 6.06. The van der Waals surface area contributed by atoms with Gasteiger partial charge in [0.1, 0.15) is 5.82 Å². The fraction of sp³-hybridized carbons (Fsp3) is 0.565. The van der Waals surface area contributed by atoms with Crippen LogP contribution in [-0.4, -0.2) is 34.3 Å². The van der Waals surface area contributed by atoms with Gasteiger partial charge >= 0.3 is 0 Å². The summed E-state index contributed by atoms with van der Waals surface area (Å²) in [4.78, 5) is 12.0. The van der Waals surface area contributed by atoms with Crippen LogP contribution in [0.2, 0.25) is 0 Å². The van der Waals surface area contributed by atoms with E-state index in [0.29, 0.717) is 17.8 Å². The average Bonchev–Trinajstić information content (AvgIpc) is 3.50. The SMILES string of the molecule is CC(C)[C@H](CO)Nc1nc(C2CC2)cc(N2Cc3ccccc3C(C)(C)C2)n1. The Morgan fingerprint density at radius 3 is 2.64 bits per heavy atom. The number of nitrogens with zero attached hydrogens (tertiary/aromatic N) is 3. The average molecular weight is 381 g/mol. The molecule has 1 aromatic heterocycles. The van der Waals surface area contributed by atoms with Crippen molar-refractivity contribution in [1.29, 1.82) is 0 Å². The molecule has 0 amide bonds. The molecule has 1 saturated carbocycles. The van der Waals surface area contributed by atoms with Crippen molar-refractivity contribution in [2.24, 2.45) is 5.92 Å². The Morgan fingerprint density at radius 2 is 1.96 bits per heavy atom. The van der Waals surface area contributed by atoms with Crippen LogP contribution < -0.4 is 10.2 Å². The molecule has 150 valence electrons. The summed E-state index contributed by atoms with van der Waals surface area (Å²) in [5.41, 5.74) is 4.00. The number of hydrogen-bond acceptors (Lipinski definition) is 5. The van der Waals surface area contributed by atoms with Gasteiger partial charge in [-0.25, -0.2) is 4.98 Å². The van der Waals surface area contributed by atoms with Gasteiger partial charge in [0.05, 0.1) is 18.3 Å². The van der Waals surface area contributed by atoms with Crippen LogP contribution in [0.25, 0.3) is 0 Å². The number of fused-ring (bicyclic) bond motifs is 1. The van der Waals surface area contributed by atoms with Crippen LogP contribution in [0.4, 0.5) is 11.8 Å². The van der Waals surface area contributed by atoms with Crippen molar-refractivity contribution in [2.45, 2.75) is 64.5 Å². The first-order valence-corrected chi connectivity index (χ1v) is 10.5. The molecule has 2 heterocycles. The van der Waals surface area contributed by atoms with Gasteiger partial charge in [0.25, 0.3) is 0 Å². The highest BCUT2D eigenvalue weighted by atomic mass is 16.3. The number of hydrogen-bond donors (Lipinski definition) is 2. The van der Waals surface area contributed by atoms with E-state index in [1.54, 1.807) is 0 Å². The predicted molar refractivity (Wildman–Crippen MR) is 114 cm³/mol. The molecule has 5 nitrogen and oxygen atoms in total. The van der Waals surface area contributed by atoms with Gasteiger partial charge in [-0.3, -0.25) is 0 Å². The molecular weight excluding hydrogens is 348 g/mol. The lowest BCUT2D eigenvalue weighted by atomic mass is 9.78. The van der Waals surface area contributed by atoms with Gasteiger partial charge in [0, 0.05) is 30.5 Å². The maximum atomic E-state index is 9.72. The summed E-state index contributed by atoms with van der Waals surface area (Å²) in [6, 6.07) is 10.9. The molecule has 2 aliphatic rings. The Morgan fingerprint density at radius 1 is 1.21 bits per heavy atom. The van der Waals surface area contributed by atoms with Gasteiger partial charge in [-0.2, -0.15) is 4.98 Å². The third kappa shape index (κ3) is 3.86. The minimum Gasteiger partial charge on any atom is -0.394 e. The van der Waals surface area contributed by atoms with E-state index in [-0.39, 0.29) is 18.1 Å². The summed E-state index contributed by atoms with van der Waals surface area (Å²) in [5.74, 6) is 2.49. The number of aromatic nitrogens is 2. The number of anilines is 2. The number of benzene rings is 1. The highest BCUT2D eigenvalue weighted by Crippen LogP contribution is 2.41. The lowest BCUT2D eigenvalue weighted by Gasteiger charge is -2.40. The highest BCUT2D eigenvalue weighted by molar-refractivity contribution is 5.51. The van der Waals surface area contributed by atoms with Gasteiger partial charge < -0.3 is 15.3 Å². The molecule has 0 unspecified atom stereocenters. The summed E-state index contributed by atoms with van der Waals surface area (Å²) in [6.07, 6.45) is 2.41. The van der Waals surface area contributed by atoms with Crippen LogP contribution >= 0.6 is 0 Å². The first-order chi connectivity index (χ1) is 13.4. The molecule has 0 spiro atoms. The number of aliphatic hydroxyl groups excluding tert-OH is 1. The van der Waals surface area contributed by atoms with E-state index >= 15 is 0 Å². The fourth-order valence-electron chi connectivity index (χ4n) is 4.16. The summed E-state index contributed by atoms with van der Waals surface area (Å²) in [5, 5.41) is 13.1. The largest absolute Gasteiger partial charge is 0.394 e. The van der Waals surface area contributed by atoms with Crippen molar-refractivity contribution in [3.63, 3.8) is 0 Å². The normalized spacial score (nSPS) is 19.4. The Bertz CT molecular complexity index is 844. The smallest absolute Gasteiger partial charge is 0.225 e. The van der Waals surface area contributed by atoms with Crippen LogP contribution in [0.5, 0.6) is 0 Å². The topological polar surface area (TPSA) is 61.3 Å². The zero-order valence-corrected chi connectivity index (χ0v) is 17.4. The Balaban J connectivity index is 1.67. The van der Waals surface area contributed by atoms with Crippen molar-refractivity contribution in [1.82, 2.24) is 9.97 Å². The third-order valence-electron chi connectivity index (χ3n) is 6.06. The summed E-state index contributed by atoms with van der Waals surface area (Å²) in [6.45, 7) is 10.7. The second-order valence-corrected chi connectivity index (χ2v) is 9.32. The number of aliphatic hydroxyl groups is 1. The van der Waals surface area contributed by atoms with Crippen molar-refractivity contribution < 1.29 is 5.11 Å². The van der Waals surface area contributed by atoms with Crippen molar-refractivity contribution in [3.05, 3.63) is 47.2 Å². The molecule has 1 atom stereocenters. The highest BCUT2D eigenvalue weighted by Gasteiger charge is 2.33. The maximum absolute atomic E-state index is 9.72. The van der Waals surface area contributed by atoms with E-state index in [0.717, 1.165) is 24.6 Å². The second-order valence-electron chi connectivity index (χ2n) is 9.32. The van der Waals surface area contributed by atoms with Gasteiger partial charge in [0.2, 0.25) is 5.95 Å². The number of rotatable bonds is 6. The molecule has 2 aromatic rings. The van der Waals surface area contributed by atoms with Crippen molar-refractivity contribution in [2.75, 3.05) is 23.4 Å². The molecule has 28 heavy (non-hydrogen) atoms. The van der Waals surface area contributed by atoms with Gasteiger partial charge in [-0.1, -0.05) is 52.0 Å². The lowest BCUT2D eigenvalue weighted by Crippen LogP contribution is -2.42. The molecule has 5 heteroatoms. The monoisotopic (exact) mass is 380 g/mol. The minimum absolute atomic E-state index is 0.0409. The summed E-state index contributed by atoms with van der Waals surface area (Å²) in [7, 11) is 0. The van der Waals surface area contributed by atoms with Crippen molar-refractivity contribution >= 4 is 11.8 Å². The molecule has 1 fully saturated rings. The quantitative estimate of drug-likeness (QED) is 0.791. The van der Waals surface area contributed by atoms with Gasteiger partial charge in [0.15, 0.2) is 0 Å². The zero-order chi connectivity index (χ0) is 19.9. The van der Waals surface area contributed by atoms with Crippen LogP contribution in [0, 0.1) is 5.92 Å². The van der Waals surface area contributed by atoms with Gasteiger partial charge in [-0.05, 0) is 29.9 Å². The van der Waals surface area contributed by atoms with E-state index in [2.05, 4.69) is 68.2 Å². The van der Waals surface area contributed by atoms with Crippen molar-refractivity contribution in [3.8, 4) is 0 Å². The molecule has 0 saturated heterocycles. The van der Waals surface area contributed by atoms with E-state index in [1.807, 2.05) is 0 Å². The zero-order valence-electron chi connectivity index (χ0n) is 17.4. The Labute approximate surface area is 168 Å². The molecule has 1 aliphatic carbocycles.